The van der Waals surface area contributed by atoms with Crippen LogP contribution in [0.1, 0.15) is 24.8 Å². The van der Waals surface area contributed by atoms with Gasteiger partial charge in [0.2, 0.25) is 5.91 Å². The van der Waals surface area contributed by atoms with E-state index in [-0.39, 0.29) is 5.91 Å². The number of amides is 1. The number of nitrogens with one attached hydrogen (secondary N) is 2. The SMILES string of the molecule is O=C(O)/C=C/c1cccc(NC(=O)CCC2CCNC2)c1. The lowest BCUT2D eigenvalue weighted by atomic mass is 10.0. The van der Waals surface area contributed by atoms with Crippen molar-refractivity contribution in [3.63, 3.8) is 0 Å². The van der Waals surface area contributed by atoms with E-state index in [4.69, 9.17) is 5.11 Å². The Bertz CT molecular complexity index is 534. The largest absolute Gasteiger partial charge is 0.478 e. The molecule has 0 aliphatic carbocycles. The highest BCUT2D eigenvalue weighted by Gasteiger charge is 2.15. The molecule has 2 rings (SSSR count). The highest BCUT2D eigenvalue weighted by Crippen LogP contribution is 2.16. The highest BCUT2D eigenvalue weighted by atomic mass is 16.4. The van der Waals surface area contributed by atoms with E-state index in [1.54, 1.807) is 24.3 Å². The molecule has 0 bridgehead atoms. The monoisotopic (exact) mass is 288 g/mol. The topological polar surface area (TPSA) is 78.4 Å². The first-order valence-electron chi connectivity index (χ1n) is 7.15. The Morgan fingerprint density at radius 2 is 2.29 bits per heavy atom. The first-order chi connectivity index (χ1) is 10.1. The van der Waals surface area contributed by atoms with Crippen LogP contribution in [-0.2, 0) is 9.59 Å². The Balaban J connectivity index is 1.85. The van der Waals surface area contributed by atoms with Crippen molar-refractivity contribution in [2.45, 2.75) is 19.3 Å². The van der Waals surface area contributed by atoms with E-state index in [2.05, 4.69) is 10.6 Å². The van der Waals surface area contributed by atoms with Crippen molar-refractivity contribution in [3.05, 3.63) is 35.9 Å². The van der Waals surface area contributed by atoms with E-state index < -0.39 is 5.97 Å². The van der Waals surface area contributed by atoms with Crippen LogP contribution in [0.15, 0.2) is 30.3 Å². The predicted molar refractivity (Wildman–Crippen MR) is 82.0 cm³/mol. The van der Waals surface area contributed by atoms with E-state index in [0.717, 1.165) is 37.6 Å². The number of aliphatic carboxylic acids is 1. The maximum atomic E-state index is 11.9. The summed E-state index contributed by atoms with van der Waals surface area (Å²) >= 11 is 0. The summed E-state index contributed by atoms with van der Waals surface area (Å²) in [4.78, 5) is 22.4. The van der Waals surface area contributed by atoms with E-state index in [1.165, 1.54) is 6.08 Å². The van der Waals surface area contributed by atoms with Crippen LogP contribution in [0, 0.1) is 5.92 Å². The van der Waals surface area contributed by atoms with Crippen LogP contribution in [0.3, 0.4) is 0 Å². The first kappa shape index (κ1) is 15.3. The standard InChI is InChI=1S/C16H20N2O3/c19-15(6-4-13-8-9-17-11-13)18-14-3-1-2-12(10-14)5-7-16(20)21/h1-3,5,7,10,13,17H,4,6,8-9,11H2,(H,18,19)(H,20,21)/b7-5+. The van der Waals surface area contributed by atoms with Crippen LogP contribution >= 0.6 is 0 Å². The van der Waals surface area contributed by atoms with E-state index in [9.17, 15) is 9.59 Å². The first-order valence-corrected chi connectivity index (χ1v) is 7.15. The summed E-state index contributed by atoms with van der Waals surface area (Å²) in [6, 6.07) is 7.14. The number of hydrogen-bond acceptors (Lipinski definition) is 3. The molecule has 1 atom stereocenters. The maximum Gasteiger partial charge on any atom is 0.328 e. The third-order valence-corrected chi connectivity index (χ3v) is 3.53. The number of benzene rings is 1. The molecule has 1 heterocycles. The number of carboxylic acid groups (broad SMARTS) is 1. The summed E-state index contributed by atoms with van der Waals surface area (Å²) in [5.41, 5.74) is 1.44. The van der Waals surface area contributed by atoms with E-state index >= 15 is 0 Å². The molecule has 1 unspecified atom stereocenters. The van der Waals surface area contributed by atoms with Crippen molar-refractivity contribution < 1.29 is 14.7 Å². The second-order valence-corrected chi connectivity index (χ2v) is 5.24. The Kier molecular flexibility index (Phi) is 5.51. The van der Waals surface area contributed by atoms with Gasteiger partial charge < -0.3 is 15.7 Å². The summed E-state index contributed by atoms with van der Waals surface area (Å²) in [5, 5.41) is 14.7. The van der Waals surface area contributed by atoms with Crippen LogP contribution in [0.2, 0.25) is 0 Å². The fourth-order valence-corrected chi connectivity index (χ4v) is 2.41. The van der Waals surface area contributed by atoms with Gasteiger partial charge in [-0.3, -0.25) is 4.79 Å². The summed E-state index contributed by atoms with van der Waals surface area (Å²) in [6.07, 6.45) is 5.14. The van der Waals surface area contributed by atoms with Crippen molar-refractivity contribution in [2.75, 3.05) is 18.4 Å². The average Bonchev–Trinajstić information content (AvgIpc) is 2.97. The van der Waals surface area contributed by atoms with Crippen molar-refractivity contribution in [1.29, 1.82) is 0 Å². The summed E-state index contributed by atoms with van der Waals surface area (Å²) in [6.45, 7) is 2.05. The molecule has 1 aliphatic heterocycles. The van der Waals surface area contributed by atoms with Gasteiger partial charge in [0.05, 0.1) is 0 Å². The minimum atomic E-state index is -0.991. The van der Waals surface area contributed by atoms with Gasteiger partial charge in [0.25, 0.3) is 0 Å². The zero-order valence-electron chi connectivity index (χ0n) is 11.8. The maximum absolute atomic E-state index is 11.9. The molecule has 1 aromatic carbocycles. The lowest BCUT2D eigenvalue weighted by molar-refractivity contribution is -0.131. The van der Waals surface area contributed by atoms with Gasteiger partial charge >= 0.3 is 5.97 Å². The summed E-state index contributed by atoms with van der Waals surface area (Å²) in [5.74, 6) is -0.392. The molecule has 5 heteroatoms. The van der Waals surface area contributed by atoms with Crippen molar-refractivity contribution >= 4 is 23.6 Å². The second-order valence-electron chi connectivity index (χ2n) is 5.24. The Labute approximate surface area is 124 Å². The van der Waals surface area contributed by atoms with Crippen LogP contribution in [-0.4, -0.2) is 30.1 Å². The molecule has 1 aromatic rings. The third kappa shape index (κ3) is 5.39. The molecule has 1 fully saturated rings. The highest BCUT2D eigenvalue weighted by molar-refractivity contribution is 5.91. The molecule has 0 saturated carbocycles. The third-order valence-electron chi connectivity index (χ3n) is 3.53. The summed E-state index contributed by atoms with van der Waals surface area (Å²) in [7, 11) is 0. The second kappa shape index (κ2) is 7.59. The molecule has 1 amide bonds. The molecule has 112 valence electrons. The van der Waals surface area contributed by atoms with Gasteiger partial charge in [-0.2, -0.15) is 0 Å². The normalized spacial score (nSPS) is 18.0. The number of carbonyl (C=O) groups is 2. The van der Waals surface area contributed by atoms with Gasteiger partial charge in [0, 0.05) is 18.2 Å². The molecular weight excluding hydrogens is 268 g/mol. The minimum Gasteiger partial charge on any atom is -0.478 e. The molecule has 21 heavy (non-hydrogen) atoms. The Morgan fingerprint density at radius 3 is 3.00 bits per heavy atom. The fourth-order valence-electron chi connectivity index (χ4n) is 2.41. The molecule has 1 saturated heterocycles. The Morgan fingerprint density at radius 1 is 1.43 bits per heavy atom. The number of anilines is 1. The lowest BCUT2D eigenvalue weighted by Crippen LogP contribution is -2.15. The molecule has 0 aromatic heterocycles. The zero-order chi connectivity index (χ0) is 15.1. The van der Waals surface area contributed by atoms with Crippen molar-refractivity contribution in [2.24, 2.45) is 5.92 Å². The Hall–Kier alpha value is -2.14. The number of rotatable bonds is 6. The van der Waals surface area contributed by atoms with Gasteiger partial charge in [-0.15, -0.1) is 0 Å². The minimum absolute atomic E-state index is 0.00117. The van der Waals surface area contributed by atoms with Crippen molar-refractivity contribution in [3.8, 4) is 0 Å². The van der Waals surface area contributed by atoms with Gasteiger partial charge in [-0.25, -0.2) is 4.79 Å². The quantitative estimate of drug-likeness (QED) is 0.701. The fraction of sp³-hybridized carbons (Fsp3) is 0.375. The van der Waals surface area contributed by atoms with E-state index in [1.807, 2.05) is 0 Å². The van der Waals surface area contributed by atoms with Crippen LogP contribution < -0.4 is 10.6 Å². The average molecular weight is 288 g/mol. The van der Waals surface area contributed by atoms with Gasteiger partial charge in [0.1, 0.15) is 0 Å². The molecule has 1 aliphatic rings. The number of hydrogen-bond donors (Lipinski definition) is 3. The van der Waals surface area contributed by atoms with Gasteiger partial charge in [0.15, 0.2) is 0 Å². The van der Waals surface area contributed by atoms with Crippen LogP contribution in [0.5, 0.6) is 0 Å². The van der Waals surface area contributed by atoms with Gasteiger partial charge in [-0.05, 0) is 55.6 Å². The molecule has 0 spiro atoms. The van der Waals surface area contributed by atoms with Crippen LogP contribution in [0.4, 0.5) is 5.69 Å². The van der Waals surface area contributed by atoms with Crippen molar-refractivity contribution in [1.82, 2.24) is 5.32 Å². The predicted octanol–water partition coefficient (Wildman–Crippen LogP) is 2.11. The number of carboxylic acids is 1. The molecular formula is C16H20N2O3. The molecule has 5 nitrogen and oxygen atoms in total. The summed E-state index contributed by atoms with van der Waals surface area (Å²) < 4.78 is 0. The van der Waals surface area contributed by atoms with Gasteiger partial charge in [-0.1, -0.05) is 12.1 Å². The van der Waals surface area contributed by atoms with E-state index in [0.29, 0.717) is 18.0 Å². The van der Waals surface area contributed by atoms with Crippen LogP contribution in [0.25, 0.3) is 6.08 Å². The zero-order valence-corrected chi connectivity index (χ0v) is 11.8. The number of carbonyl (C=O) groups excluding carboxylic acids is 1. The lowest BCUT2D eigenvalue weighted by Gasteiger charge is -2.09. The molecule has 3 N–H and O–H groups in total. The smallest absolute Gasteiger partial charge is 0.328 e. The molecule has 0 radical (unpaired) electrons.